The highest BCUT2D eigenvalue weighted by atomic mass is 16.6. The lowest BCUT2D eigenvalue weighted by Gasteiger charge is -2.14. The molecule has 0 bridgehead atoms. The van der Waals surface area contributed by atoms with Gasteiger partial charge in [-0.05, 0) is 50.2 Å². The van der Waals surface area contributed by atoms with Gasteiger partial charge in [-0.1, -0.05) is 6.07 Å². The van der Waals surface area contributed by atoms with E-state index in [0.29, 0.717) is 30.1 Å². The van der Waals surface area contributed by atoms with Gasteiger partial charge in [0.05, 0.1) is 24.0 Å². The van der Waals surface area contributed by atoms with E-state index in [4.69, 9.17) is 4.74 Å². The average Bonchev–Trinajstić information content (AvgIpc) is 3.25. The van der Waals surface area contributed by atoms with Crippen molar-refractivity contribution in [2.75, 3.05) is 23.4 Å². The highest BCUT2D eigenvalue weighted by Gasteiger charge is 2.24. The second kappa shape index (κ2) is 7.19. The Morgan fingerprint density at radius 1 is 1.14 bits per heavy atom. The zero-order chi connectivity index (χ0) is 19.7. The maximum atomic E-state index is 12.9. The van der Waals surface area contributed by atoms with Crippen LogP contribution in [-0.4, -0.2) is 34.7 Å². The van der Waals surface area contributed by atoms with E-state index in [1.807, 2.05) is 42.7 Å². The lowest BCUT2D eigenvalue weighted by Crippen LogP contribution is -2.23. The molecule has 0 aliphatic carbocycles. The first-order valence-electron chi connectivity index (χ1n) is 8.99. The molecule has 4 rings (SSSR count). The molecule has 7 heteroatoms. The van der Waals surface area contributed by atoms with Crippen molar-refractivity contribution in [1.82, 2.24) is 9.55 Å². The van der Waals surface area contributed by atoms with E-state index in [1.165, 1.54) is 0 Å². The van der Waals surface area contributed by atoms with Gasteiger partial charge in [0, 0.05) is 29.0 Å². The van der Waals surface area contributed by atoms with Crippen LogP contribution in [0.5, 0.6) is 0 Å². The van der Waals surface area contributed by atoms with Gasteiger partial charge in [-0.3, -0.25) is 14.7 Å². The summed E-state index contributed by atoms with van der Waals surface area (Å²) in [5.74, 6) is -0.204. The molecule has 142 valence electrons. The summed E-state index contributed by atoms with van der Waals surface area (Å²) < 4.78 is 6.97. The number of rotatable bonds is 4. The van der Waals surface area contributed by atoms with Crippen LogP contribution in [0, 0.1) is 13.8 Å². The van der Waals surface area contributed by atoms with Crippen LogP contribution in [0.2, 0.25) is 0 Å². The molecule has 0 atom stereocenters. The van der Waals surface area contributed by atoms with E-state index in [0.717, 1.165) is 17.1 Å². The van der Waals surface area contributed by atoms with Gasteiger partial charge >= 0.3 is 6.09 Å². The average molecular weight is 376 g/mol. The minimum atomic E-state index is -0.372. The molecule has 1 fully saturated rings. The van der Waals surface area contributed by atoms with Crippen LogP contribution in [0.15, 0.2) is 54.9 Å². The Kier molecular flexibility index (Phi) is 4.57. The molecule has 2 aromatic heterocycles. The van der Waals surface area contributed by atoms with Crippen molar-refractivity contribution in [2.24, 2.45) is 0 Å². The van der Waals surface area contributed by atoms with Gasteiger partial charge in [0.15, 0.2) is 0 Å². The summed E-state index contributed by atoms with van der Waals surface area (Å²) in [5, 5.41) is 2.92. The van der Waals surface area contributed by atoms with E-state index >= 15 is 0 Å². The van der Waals surface area contributed by atoms with E-state index < -0.39 is 0 Å². The summed E-state index contributed by atoms with van der Waals surface area (Å²) >= 11 is 0. The first kappa shape index (κ1) is 17.8. The molecule has 2 amide bonds. The number of nitrogens with one attached hydrogen (secondary N) is 1. The lowest BCUT2D eigenvalue weighted by molar-refractivity contribution is 0.102. The smallest absolute Gasteiger partial charge is 0.414 e. The molecule has 0 saturated carbocycles. The van der Waals surface area contributed by atoms with Crippen LogP contribution < -0.4 is 10.2 Å². The Morgan fingerprint density at radius 2 is 1.96 bits per heavy atom. The van der Waals surface area contributed by atoms with Crippen molar-refractivity contribution >= 4 is 23.4 Å². The van der Waals surface area contributed by atoms with Gasteiger partial charge < -0.3 is 14.6 Å². The molecule has 1 N–H and O–H groups in total. The maximum Gasteiger partial charge on any atom is 0.414 e. The van der Waals surface area contributed by atoms with Gasteiger partial charge in [0.1, 0.15) is 6.61 Å². The molecule has 3 aromatic rings. The van der Waals surface area contributed by atoms with Crippen LogP contribution in [0.4, 0.5) is 16.2 Å². The molecule has 1 aliphatic rings. The number of amides is 2. The number of hydrogen-bond acceptors (Lipinski definition) is 4. The Balaban J connectivity index is 1.59. The standard InChI is InChI=1S/C21H20N4O3/c1-14-11-19(15(2)25(14)18-7-4-8-22-13-18)20(26)23-16-5-3-6-17(12-16)24-9-10-28-21(24)27/h3-8,11-13H,9-10H2,1-2H3,(H,23,26). The van der Waals surface area contributed by atoms with E-state index in [1.54, 1.807) is 35.5 Å². The van der Waals surface area contributed by atoms with Crippen LogP contribution in [0.25, 0.3) is 5.69 Å². The molecule has 28 heavy (non-hydrogen) atoms. The molecule has 1 saturated heterocycles. The predicted molar refractivity (Wildman–Crippen MR) is 106 cm³/mol. The molecule has 0 spiro atoms. The zero-order valence-corrected chi connectivity index (χ0v) is 15.7. The van der Waals surface area contributed by atoms with Crippen molar-refractivity contribution in [2.45, 2.75) is 13.8 Å². The molecular weight excluding hydrogens is 356 g/mol. The maximum absolute atomic E-state index is 12.9. The van der Waals surface area contributed by atoms with Gasteiger partial charge in [-0.2, -0.15) is 0 Å². The Hall–Kier alpha value is -3.61. The number of anilines is 2. The quantitative estimate of drug-likeness (QED) is 0.753. The normalized spacial score (nSPS) is 13.5. The number of ether oxygens (including phenoxy) is 1. The Morgan fingerprint density at radius 3 is 2.68 bits per heavy atom. The van der Waals surface area contributed by atoms with Crippen molar-refractivity contribution in [1.29, 1.82) is 0 Å². The third-order valence-electron chi connectivity index (χ3n) is 4.76. The van der Waals surface area contributed by atoms with Crippen LogP contribution >= 0.6 is 0 Å². The summed E-state index contributed by atoms with van der Waals surface area (Å²) in [5.41, 5.74) is 4.60. The first-order valence-corrected chi connectivity index (χ1v) is 8.99. The van der Waals surface area contributed by atoms with Crippen molar-refractivity contribution in [3.63, 3.8) is 0 Å². The summed E-state index contributed by atoms with van der Waals surface area (Å²) in [7, 11) is 0. The molecule has 0 unspecified atom stereocenters. The predicted octanol–water partition coefficient (Wildman–Crippen LogP) is 3.70. The minimum Gasteiger partial charge on any atom is -0.447 e. The third kappa shape index (κ3) is 3.22. The molecule has 1 aliphatic heterocycles. The highest BCUT2D eigenvalue weighted by molar-refractivity contribution is 6.05. The number of aromatic nitrogens is 2. The molecule has 3 heterocycles. The first-order chi connectivity index (χ1) is 13.5. The Bertz CT molecular complexity index is 1040. The summed E-state index contributed by atoms with van der Waals surface area (Å²) in [6.45, 7) is 4.74. The largest absolute Gasteiger partial charge is 0.447 e. The number of hydrogen-bond donors (Lipinski definition) is 1. The van der Waals surface area contributed by atoms with E-state index in [-0.39, 0.29) is 12.0 Å². The second-order valence-electron chi connectivity index (χ2n) is 6.60. The lowest BCUT2D eigenvalue weighted by atomic mass is 10.2. The SMILES string of the molecule is Cc1cc(C(=O)Nc2cccc(N3CCOC3=O)c2)c(C)n1-c1cccnc1. The van der Waals surface area contributed by atoms with Crippen molar-refractivity contribution in [3.8, 4) is 5.69 Å². The second-order valence-corrected chi connectivity index (χ2v) is 6.60. The summed E-state index contributed by atoms with van der Waals surface area (Å²) in [4.78, 5) is 30.3. The van der Waals surface area contributed by atoms with Crippen LogP contribution in [-0.2, 0) is 4.74 Å². The minimum absolute atomic E-state index is 0.204. The van der Waals surface area contributed by atoms with E-state index in [2.05, 4.69) is 10.3 Å². The van der Waals surface area contributed by atoms with Gasteiger partial charge in [0.2, 0.25) is 0 Å². The molecular formula is C21H20N4O3. The number of carbonyl (C=O) groups excluding carboxylic acids is 2. The molecule has 0 radical (unpaired) electrons. The summed E-state index contributed by atoms with van der Waals surface area (Å²) in [6, 6.07) is 12.9. The Labute approximate surface area is 162 Å². The monoisotopic (exact) mass is 376 g/mol. The molecule has 1 aromatic carbocycles. The fourth-order valence-corrected chi connectivity index (χ4v) is 3.45. The van der Waals surface area contributed by atoms with E-state index in [9.17, 15) is 9.59 Å². The fraction of sp³-hybridized carbons (Fsp3) is 0.190. The fourth-order valence-electron chi connectivity index (χ4n) is 3.45. The number of benzene rings is 1. The van der Waals surface area contributed by atoms with Crippen molar-refractivity contribution in [3.05, 3.63) is 71.8 Å². The number of carbonyl (C=O) groups is 2. The number of cyclic esters (lactones) is 1. The topological polar surface area (TPSA) is 76.5 Å². The van der Waals surface area contributed by atoms with Crippen LogP contribution in [0.1, 0.15) is 21.7 Å². The molecule has 7 nitrogen and oxygen atoms in total. The number of nitrogens with zero attached hydrogens (tertiary/aromatic N) is 3. The number of aryl methyl sites for hydroxylation is 1. The highest BCUT2D eigenvalue weighted by Crippen LogP contribution is 2.24. The third-order valence-corrected chi connectivity index (χ3v) is 4.76. The van der Waals surface area contributed by atoms with Gasteiger partial charge in [0.25, 0.3) is 5.91 Å². The van der Waals surface area contributed by atoms with Crippen molar-refractivity contribution < 1.29 is 14.3 Å². The zero-order valence-electron chi connectivity index (χ0n) is 15.7. The number of pyridine rings is 1. The van der Waals surface area contributed by atoms with Gasteiger partial charge in [-0.15, -0.1) is 0 Å². The van der Waals surface area contributed by atoms with Gasteiger partial charge in [-0.25, -0.2) is 4.79 Å². The summed E-state index contributed by atoms with van der Waals surface area (Å²) in [6.07, 6.45) is 3.11. The van der Waals surface area contributed by atoms with Crippen LogP contribution in [0.3, 0.4) is 0 Å².